The summed E-state index contributed by atoms with van der Waals surface area (Å²) in [6.07, 6.45) is 0. The minimum absolute atomic E-state index is 0.139. The third-order valence-electron chi connectivity index (χ3n) is 6.33. The van der Waals surface area contributed by atoms with E-state index in [4.69, 9.17) is 25.9 Å². The fourth-order valence-electron chi connectivity index (χ4n) is 4.68. The van der Waals surface area contributed by atoms with E-state index in [1.54, 1.807) is 11.1 Å². The maximum Gasteiger partial charge on any atom is 0.253 e. The molecule has 0 fully saturated rings. The molecule has 0 aliphatic carbocycles. The van der Waals surface area contributed by atoms with Crippen LogP contribution in [0.3, 0.4) is 0 Å². The van der Waals surface area contributed by atoms with Crippen LogP contribution in [-0.2, 0) is 10.2 Å². The monoisotopic (exact) mass is 494 g/mol. The van der Waals surface area contributed by atoms with Crippen LogP contribution in [0.2, 0.25) is 5.02 Å². The Balaban J connectivity index is 1.68. The number of carbonyl (C=O) groups excluding carboxylic acids is 1. The summed E-state index contributed by atoms with van der Waals surface area (Å²) in [6, 6.07) is 18.0. The first-order valence-corrected chi connectivity index (χ1v) is 11.9. The molecule has 35 heavy (non-hydrogen) atoms. The molecule has 3 aromatic rings. The molecule has 0 unspecified atom stereocenters. The van der Waals surface area contributed by atoms with Crippen LogP contribution in [0.25, 0.3) is 0 Å². The third-order valence-corrected chi connectivity index (χ3v) is 6.65. The largest absolute Gasteiger partial charge is 0.486 e. The fourth-order valence-corrected chi connectivity index (χ4v) is 5.14. The van der Waals surface area contributed by atoms with Crippen molar-refractivity contribution in [2.24, 2.45) is 0 Å². The van der Waals surface area contributed by atoms with Crippen LogP contribution < -0.4 is 24.9 Å². The van der Waals surface area contributed by atoms with Gasteiger partial charge in [0.25, 0.3) is 5.91 Å². The molecule has 2 aliphatic heterocycles. The molecular weight excluding hydrogens is 468 g/mol. The minimum Gasteiger partial charge on any atom is -0.486 e. The van der Waals surface area contributed by atoms with Crippen molar-refractivity contribution in [2.75, 3.05) is 18.3 Å². The normalized spacial score (nSPS) is 18.9. The molecule has 2 atom stereocenters. The van der Waals surface area contributed by atoms with Crippen molar-refractivity contribution in [3.63, 3.8) is 0 Å². The summed E-state index contributed by atoms with van der Waals surface area (Å²) < 4.78 is 11.5. The molecule has 3 aromatic carbocycles. The zero-order chi connectivity index (χ0) is 24.7. The first kappa shape index (κ1) is 23.3. The predicted molar refractivity (Wildman–Crippen MR) is 133 cm³/mol. The standard InChI is InChI=1S/C27H27ClN2O5/c1-27(2,3)19-10-9-17(15-20(19)28)30-25(16-8-11-22-23(14-16)34-13-12-33-22)24(26(31)29-32)18-6-4-5-7-21(18)35-30/h4-11,14-15,24-25,32H,12-13H2,1-3H3,(H,29,31)/t24-,25+/m1/s1. The highest BCUT2D eigenvalue weighted by molar-refractivity contribution is 6.31. The Morgan fingerprint density at radius 1 is 1.00 bits per heavy atom. The maximum atomic E-state index is 13.1. The topological polar surface area (TPSA) is 80.3 Å². The van der Waals surface area contributed by atoms with Crippen molar-refractivity contribution < 1.29 is 24.3 Å². The molecule has 5 rings (SSSR count). The van der Waals surface area contributed by atoms with Crippen LogP contribution in [0.5, 0.6) is 17.2 Å². The number of halogens is 1. The number of para-hydroxylation sites is 1. The summed E-state index contributed by atoms with van der Waals surface area (Å²) in [6.45, 7) is 7.21. The lowest BCUT2D eigenvalue weighted by atomic mass is 9.83. The molecule has 1 amide bonds. The van der Waals surface area contributed by atoms with E-state index in [9.17, 15) is 10.0 Å². The number of rotatable bonds is 3. The molecule has 2 N–H and O–H groups in total. The molecule has 0 radical (unpaired) electrons. The van der Waals surface area contributed by atoms with E-state index in [-0.39, 0.29) is 5.41 Å². The predicted octanol–water partition coefficient (Wildman–Crippen LogP) is 5.55. The van der Waals surface area contributed by atoms with Gasteiger partial charge in [-0.2, -0.15) is 0 Å². The lowest BCUT2D eigenvalue weighted by Crippen LogP contribution is -2.45. The molecule has 7 nitrogen and oxygen atoms in total. The molecule has 0 saturated heterocycles. The van der Waals surface area contributed by atoms with Gasteiger partial charge in [-0.3, -0.25) is 10.0 Å². The Labute approximate surface area is 209 Å². The van der Waals surface area contributed by atoms with Gasteiger partial charge in [0.1, 0.15) is 19.3 Å². The van der Waals surface area contributed by atoms with Crippen LogP contribution in [0.4, 0.5) is 5.69 Å². The molecule has 0 aromatic heterocycles. The summed E-state index contributed by atoms with van der Waals surface area (Å²) in [5, 5.41) is 11.9. The molecule has 0 bridgehead atoms. The van der Waals surface area contributed by atoms with Crippen LogP contribution in [0, 0.1) is 0 Å². The van der Waals surface area contributed by atoms with E-state index < -0.39 is 17.9 Å². The Morgan fingerprint density at radius 2 is 1.74 bits per heavy atom. The molecule has 0 saturated carbocycles. The third kappa shape index (κ3) is 4.26. The lowest BCUT2D eigenvalue weighted by molar-refractivity contribution is -0.132. The van der Waals surface area contributed by atoms with Crippen LogP contribution >= 0.6 is 11.6 Å². The Hall–Kier alpha value is -3.42. The summed E-state index contributed by atoms with van der Waals surface area (Å²) in [5.74, 6) is 0.420. The number of hydrogen-bond donors (Lipinski definition) is 2. The van der Waals surface area contributed by atoms with Crippen LogP contribution in [-0.4, -0.2) is 24.3 Å². The van der Waals surface area contributed by atoms with Crippen molar-refractivity contribution >= 4 is 23.2 Å². The number of nitrogens with zero attached hydrogens (tertiary/aromatic N) is 1. The molecule has 0 spiro atoms. The number of anilines is 1. The second-order valence-electron chi connectivity index (χ2n) is 9.67. The summed E-state index contributed by atoms with van der Waals surface area (Å²) in [4.78, 5) is 19.5. The Morgan fingerprint density at radius 3 is 2.46 bits per heavy atom. The molecule has 2 aliphatic rings. The second-order valence-corrected chi connectivity index (χ2v) is 10.1. The number of carbonyl (C=O) groups is 1. The van der Waals surface area contributed by atoms with Crippen molar-refractivity contribution in [1.82, 2.24) is 5.48 Å². The molecular formula is C27H27ClN2O5. The number of benzene rings is 3. The average Bonchev–Trinajstić information content (AvgIpc) is 2.86. The zero-order valence-electron chi connectivity index (χ0n) is 19.7. The number of ether oxygens (including phenoxy) is 2. The van der Waals surface area contributed by atoms with Gasteiger partial charge in [0.2, 0.25) is 0 Å². The van der Waals surface area contributed by atoms with E-state index in [1.165, 1.54) is 0 Å². The summed E-state index contributed by atoms with van der Waals surface area (Å²) in [7, 11) is 0. The van der Waals surface area contributed by atoms with Crippen molar-refractivity contribution in [3.05, 3.63) is 82.4 Å². The molecule has 182 valence electrons. The van der Waals surface area contributed by atoms with Gasteiger partial charge in [-0.25, -0.2) is 10.5 Å². The number of hydroxylamine groups is 2. The quantitative estimate of drug-likeness (QED) is 0.367. The van der Waals surface area contributed by atoms with Gasteiger partial charge in [-0.05, 0) is 46.9 Å². The Kier molecular flexibility index (Phi) is 5.99. The number of amides is 1. The lowest BCUT2D eigenvalue weighted by Gasteiger charge is -2.42. The molecule has 8 heteroatoms. The van der Waals surface area contributed by atoms with Crippen molar-refractivity contribution in [3.8, 4) is 17.2 Å². The van der Waals surface area contributed by atoms with E-state index in [0.29, 0.717) is 46.7 Å². The smallest absolute Gasteiger partial charge is 0.253 e. The van der Waals surface area contributed by atoms with E-state index >= 15 is 0 Å². The highest BCUT2D eigenvalue weighted by atomic mass is 35.5. The minimum atomic E-state index is -0.784. The van der Waals surface area contributed by atoms with Gasteiger partial charge in [0.15, 0.2) is 17.2 Å². The number of nitrogens with one attached hydrogen (secondary N) is 1. The van der Waals surface area contributed by atoms with Crippen LogP contribution in [0.1, 0.15) is 49.4 Å². The van der Waals surface area contributed by atoms with Crippen LogP contribution in [0.15, 0.2) is 60.7 Å². The average molecular weight is 495 g/mol. The summed E-state index contributed by atoms with van der Waals surface area (Å²) in [5.41, 5.74) is 4.80. The molecule has 2 heterocycles. The fraction of sp³-hybridized carbons (Fsp3) is 0.296. The Bertz CT molecular complexity index is 1270. The van der Waals surface area contributed by atoms with E-state index in [1.807, 2.05) is 60.1 Å². The number of hydrogen-bond acceptors (Lipinski definition) is 6. The van der Waals surface area contributed by atoms with Gasteiger partial charge in [0.05, 0.1) is 11.6 Å². The SMILES string of the molecule is CC(C)(C)c1ccc(N2Oc3ccccc3[C@@H](C(=O)NO)[C@@H]2c2ccc3c(c2)OCCO3)cc1Cl. The van der Waals surface area contributed by atoms with Gasteiger partial charge < -0.3 is 14.3 Å². The van der Waals surface area contributed by atoms with Gasteiger partial charge in [-0.15, -0.1) is 0 Å². The van der Waals surface area contributed by atoms with Gasteiger partial charge in [0, 0.05) is 10.6 Å². The van der Waals surface area contributed by atoms with E-state index in [2.05, 4.69) is 20.8 Å². The highest BCUT2D eigenvalue weighted by Crippen LogP contribution is 2.48. The van der Waals surface area contributed by atoms with E-state index in [0.717, 1.165) is 11.1 Å². The zero-order valence-corrected chi connectivity index (χ0v) is 20.5. The van der Waals surface area contributed by atoms with Gasteiger partial charge >= 0.3 is 0 Å². The highest BCUT2D eigenvalue weighted by Gasteiger charge is 2.43. The van der Waals surface area contributed by atoms with Crippen molar-refractivity contribution in [1.29, 1.82) is 0 Å². The van der Waals surface area contributed by atoms with Gasteiger partial charge in [-0.1, -0.05) is 62.7 Å². The maximum absolute atomic E-state index is 13.1. The second kappa shape index (κ2) is 8.98. The van der Waals surface area contributed by atoms with Crippen molar-refractivity contribution in [2.45, 2.75) is 38.1 Å². The summed E-state index contributed by atoms with van der Waals surface area (Å²) >= 11 is 6.71. The number of fused-ring (bicyclic) bond motifs is 2. The first-order chi connectivity index (χ1) is 16.8. The first-order valence-electron chi connectivity index (χ1n) is 11.5.